The fourth-order valence-corrected chi connectivity index (χ4v) is 3.94. The highest BCUT2D eigenvalue weighted by molar-refractivity contribution is 5.97. The third kappa shape index (κ3) is 4.80. The minimum Gasteiger partial charge on any atom is -0.480 e. The van der Waals surface area contributed by atoms with Gasteiger partial charge in [-0.15, -0.1) is 0 Å². The SMILES string of the molecule is Cc1cn(-c2ccc(/C=C3\OC(C)(C)CN([C@@H](CO)c4ccc(F)cc4)C3=O)cc2F)cn1. The summed E-state index contributed by atoms with van der Waals surface area (Å²) in [5.41, 5.74) is 1.42. The number of aliphatic hydroxyl groups is 1. The number of morpholine rings is 1. The van der Waals surface area contributed by atoms with Crippen LogP contribution in [0.4, 0.5) is 8.78 Å². The molecule has 0 radical (unpaired) electrons. The van der Waals surface area contributed by atoms with Crippen molar-refractivity contribution < 1.29 is 23.4 Å². The van der Waals surface area contributed by atoms with E-state index in [0.717, 1.165) is 5.69 Å². The molecule has 0 spiro atoms. The van der Waals surface area contributed by atoms with E-state index in [1.165, 1.54) is 35.5 Å². The van der Waals surface area contributed by atoms with E-state index in [9.17, 15) is 18.7 Å². The van der Waals surface area contributed by atoms with Crippen LogP contribution in [0.15, 0.2) is 60.7 Å². The minimum absolute atomic E-state index is 0.0393. The van der Waals surface area contributed by atoms with Gasteiger partial charge in [0.25, 0.3) is 5.91 Å². The number of amides is 1. The molecule has 1 saturated heterocycles. The van der Waals surface area contributed by atoms with Crippen molar-refractivity contribution in [3.8, 4) is 5.69 Å². The summed E-state index contributed by atoms with van der Waals surface area (Å²) in [4.78, 5) is 18.9. The molecule has 1 aromatic heterocycles. The Kier molecular flexibility index (Phi) is 6.03. The lowest BCUT2D eigenvalue weighted by atomic mass is 9.99. The predicted octanol–water partition coefficient (Wildman–Crippen LogP) is 4.17. The first-order valence-corrected chi connectivity index (χ1v) is 10.6. The van der Waals surface area contributed by atoms with Gasteiger partial charge in [-0.1, -0.05) is 18.2 Å². The van der Waals surface area contributed by atoms with Crippen LogP contribution in [0.3, 0.4) is 0 Å². The van der Waals surface area contributed by atoms with E-state index in [1.54, 1.807) is 35.0 Å². The Morgan fingerprint density at radius 3 is 2.55 bits per heavy atom. The summed E-state index contributed by atoms with van der Waals surface area (Å²) >= 11 is 0. The molecule has 8 heteroatoms. The first-order chi connectivity index (χ1) is 15.7. The maximum absolute atomic E-state index is 14.8. The Morgan fingerprint density at radius 1 is 1.21 bits per heavy atom. The van der Waals surface area contributed by atoms with Crippen molar-refractivity contribution in [3.63, 3.8) is 0 Å². The Hall–Kier alpha value is -3.52. The second-order valence-electron chi connectivity index (χ2n) is 8.69. The minimum atomic E-state index is -0.750. The van der Waals surface area contributed by atoms with Gasteiger partial charge in [-0.3, -0.25) is 4.79 Å². The zero-order valence-electron chi connectivity index (χ0n) is 18.6. The lowest BCUT2D eigenvalue weighted by molar-refractivity contribution is -0.151. The monoisotopic (exact) mass is 453 g/mol. The van der Waals surface area contributed by atoms with Gasteiger partial charge in [0.05, 0.1) is 36.9 Å². The van der Waals surface area contributed by atoms with Crippen molar-refractivity contribution >= 4 is 12.0 Å². The summed E-state index contributed by atoms with van der Waals surface area (Å²) in [6.45, 7) is 5.35. The lowest BCUT2D eigenvalue weighted by Gasteiger charge is -2.43. The lowest BCUT2D eigenvalue weighted by Crippen LogP contribution is -2.52. The molecule has 0 bridgehead atoms. The van der Waals surface area contributed by atoms with Crippen LogP contribution in [-0.4, -0.2) is 44.2 Å². The summed E-state index contributed by atoms with van der Waals surface area (Å²) < 4.78 is 35.7. The predicted molar refractivity (Wildman–Crippen MR) is 119 cm³/mol. The molecule has 1 amide bonds. The second-order valence-corrected chi connectivity index (χ2v) is 8.69. The summed E-state index contributed by atoms with van der Waals surface area (Å²) in [6, 6.07) is 9.61. The van der Waals surface area contributed by atoms with Gasteiger partial charge in [-0.2, -0.15) is 0 Å². The molecule has 3 aromatic rings. The number of carbonyl (C=O) groups excluding carboxylic acids is 1. The zero-order valence-corrected chi connectivity index (χ0v) is 18.6. The van der Waals surface area contributed by atoms with Crippen LogP contribution in [0.2, 0.25) is 0 Å². The average Bonchev–Trinajstić information content (AvgIpc) is 3.19. The van der Waals surface area contributed by atoms with Crippen LogP contribution in [0.1, 0.15) is 36.7 Å². The van der Waals surface area contributed by atoms with Crippen molar-refractivity contribution in [2.75, 3.05) is 13.2 Å². The highest BCUT2D eigenvalue weighted by Crippen LogP contribution is 2.32. The quantitative estimate of drug-likeness (QED) is 0.589. The van der Waals surface area contributed by atoms with Gasteiger partial charge in [-0.05, 0) is 62.2 Å². The number of nitrogens with zero attached hydrogens (tertiary/aromatic N) is 3. The number of rotatable bonds is 5. The fourth-order valence-electron chi connectivity index (χ4n) is 3.94. The molecule has 0 saturated carbocycles. The molecule has 1 aliphatic heterocycles. The molecule has 172 valence electrons. The Balaban J connectivity index is 1.66. The molecule has 1 fully saturated rings. The number of hydrogen-bond acceptors (Lipinski definition) is 4. The zero-order chi connectivity index (χ0) is 23.8. The van der Waals surface area contributed by atoms with Crippen LogP contribution >= 0.6 is 0 Å². The maximum atomic E-state index is 14.8. The largest absolute Gasteiger partial charge is 0.480 e. The number of carbonyl (C=O) groups is 1. The van der Waals surface area contributed by atoms with Gasteiger partial charge in [0.15, 0.2) is 5.76 Å². The van der Waals surface area contributed by atoms with Crippen LogP contribution < -0.4 is 0 Å². The molecular formula is C25H25F2N3O3. The van der Waals surface area contributed by atoms with Crippen LogP contribution in [0.5, 0.6) is 0 Å². The topological polar surface area (TPSA) is 67.6 Å². The van der Waals surface area contributed by atoms with Gasteiger partial charge < -0.3 is 19.3 Å². The van der Waals surface area contributed by atoms with Crippen molar-refractivity contribution in [1.82, 2.24) is 14.5 Å². The van der Waals surface area contributed by atoms with Crippen LogP contribution in [0.25, 0.3) is 11.8 Å². The molecule has 33 heavy (non-hydrogen) atoms. The number of halogens is 2. The molecule has 2 aromatic carbocycles. The van der Waals surface area contributed by atoms with E-state index in [4.69, 9.17) is 4.74 Å². The van der Waals surface area contributed by atoms with Crippen LogP contribution in [0, 0.1) is 18.6 Å². The third-order valence-corrected chi connectivity index (χ3v) is 5.47. The van der Waals surface area contributed by atoms with Crippen molar-refractivity contribution in [3.05, 3.63) is 89.2 Å². The normalized spacial score (nSPS) is 17.8. The van der Waals surface area contributed by atoms with E-state index in [-0.39, 0.29) is 18.9 Å². The highest BCUT2D eigenvalue weighted by Gasteiger charge is 2.40. The smallest absolute Gasteiger partial charge is 0.289 e. The molecule has 0 unspecified atom stereocenters. The second kappa shape index (κ2) is 8.78. The maximum Gasteiger partial charge on any atom is 0.289 e. The highest BCUT2D eigenvalue weighted by atomic mass is 19.1. The summed E-state index contributed by atoms with van der Waals surface area (Å²) in [6.07, 6.45) is 4.74. The standard InChI is InChI=1S/C25H25F2N3O3/c1-16-12-29(15-28-16)21-9-4-17(10-20(21)27)11-23-24(32)30(14-25(2,3)33-23)22(13-31)18-5-7-19(26)8-6-18/h4-12,15,22,31H,13-14H2,1-3H3/b23-11-/t22-/m0/s1. The van der Waals surface area contributed by atoms with Gasteiger partial charge in [0.1, 0.15) is 17.2 Å². The van der Waals surface area contributed by atoms with Crippen molar-refractivity contribution in [2.45, 2.75) is 32.4 Å². The van der Waals surface area contributed by atoms with Gasteiger partial charge in [-0.25, -0.2) is 13.8 Å². The molecule has 1 atom stereocenters. The van der Waals surface area contributed by atoms with Crippen molar-refractivity contribution in [2.24, 2.45) is 0 Å². The number of aryl methyl sites for hydroxylation is 1. The number of benzene rings is 2. The Labute approximate surface area is 190 Å². The van der Waals surface area contributed by atoms with Gasteiger partial charge in [0, 0.05) is 6.20 Å². The van der Waals surface area contributed by atoms with Crippen molar-refractivity contribution in [1.29, 1.82) is 0 Å². The van der Waals surface area contributed by atoms with E-state index in [2.05, 4.69) is 4.98 Å². The fraction of sp³-hybridized carbons (Fsp3) is 0.280. The number of aromatic nitrogens is 2. The molecule has 6 nitrogen and oxygen atoms in total. The number of ether oxygens (including phenoxy) is 1. The van der Waals surface area contributed by atoms with Crippen LogP contribution in [-0.2, 0) is 9.53 Å². The molecule has 1 N–H and O–H groups in total. The van der Waals surface area contributed by atoms with E-state index in [1.807, 2.05) is 20.8 Å². The molecular weight excluding hydrogens is 428 g/mol. The molecule has 0 aliphatic carbocycles. The molecule has 4 rings (SSSR count). The molecule has 1 aliphatic rings. The summed E-state index contributed by atoms with van der Waals surface area (Å²) in [5, 5.41) is 10.0. The van der Waals surface area contributed by atoms with E-state index < -0.39 is 29.2 Å². The Bertz CT molecular complexity index is 1200. The number of aliphatic hydroxyl groups excluding tert-OH is 1. The first kappa shape index (κ1) is 22.7. The number of hydrogen-bond donors (Lipinski definition) is 1. The number of imidazole rings is 1. The average molecular weight is 453 g/mol. The summed E-state index contributed by atoms with van der Waals surface area (Å²) in [5.74, 6) is -1.27. The third-order valence-electron chi connectivity index (χ3n) is 5.47. The Morgan fingerprint density at radius 2 is 1.94 bits per heavy atom. The van der Waals surface area contributed by atoms with Gasteiger partial charge in [0.2, 0.25) is 0 Å². The van der Waals surface area contributed by atoms with E-state index in [0.29, 0.717) is 16.8 Å². The first-order valence-electron chi connectivity index (χ1n) is 10.6. The van der Waals surface area contributed by atoms with E-state index >= 15 is 0 Å². The molecule has 2 heterocycles. The summed E-state index contributed by atoms with van der Waals surface area (Å²) in [7, 11) is 0. The van der Waals surface area contributed by atoms with Gasteiger partial charge >= 0.3 is 0 Å².